The van der Waals surface area contributed by atoms with Crippen LogP contribution in [0.4, 0.5) is 5.69 Å². The van der Waals surface area contributed by atoms with E-state index in [-0.39, 0.29) is 21.1 Å². The second-order valence-corrected chi connectivity index (χ2v) is 7.56. The molecule has 0 saturated carbocycles. The molecule has 0 atom stereocenters. The zero-order chi connectivity index (χ0) is 22.2. The Kier molecular flexibility index (Phi) is 5.99. The number of fused-ring (bicyclic) bond motifs is 3. The number of aromatic nitrogens is 1. The summed E-state index contributed by atoms with van der Waals surface area (Å²) in [6.45, 7) is 1.97. The number of hydrogen-bond acceptors (Lipinski definition) is 6. The Balaban J connectivity index is 0.00000241. The first-order valence-corrected chi connectivity index (χ1v) is 10.4. The van der Waals surface area contributed by atoms with Crippen molar-refractivity contribution >= 4 is 27.6 Å². The predicted octanol–water partition coefficient (Wildman–Crippen LogP) is 6.51. The fourth-order valence-electron chi connectivity index (χ4n) is 3.70. The zero-order valence-electron chi connectivity index (χ0n) is 18.0. The van der Waals surface area contributed by atoms with Crippen molar-refractivity contribution in [1.82, 2.24) is 9.88 Å². The molecule has 0 bridgehead atoms. The van der Waals surface area contributed by atoms with E-state index in [4.69, 9.17) is 13.9 Å². The van der Waals surface area contributed by atoms with Gasteiger partial charge >= 0.3 is 0 Å². The Morgan fingerprint density at radius 1 is 0.882 bits per heavy atom. The van der Waals surface area contributed by atoms with Crippen LogP contribution in [0, 0.1) is 18.8 Å². The van der Waals surface area contributed by atoms with E-state index in [1.54, 1.807) is 18.3 Å². The van der Waals surface area contributed by atoms with E-state index in [9.17, 15) is 0 Å². The molecule has 0 N–H and O–H groups in total. The molecule has 0 radical (unpaired) electrons. The van der Waals surface area contributed by atoms with Crippen molar-refractivity contribution in [3.05, 3.63) is 104 Å². The van der Waals surface area contributed by atoms with Crippen molar-refractivity contribution < 1.29 is 35.0 Å². The number of pyridine rings is 1. The second-order valence-electron chi connectivity index (χ2n) is 7.56. The Bertz CT molecular complexity index is 1480. The third-order valence-electron chi connectivity index (χ3n) is 5.22. The maximum absolute atomic E-state index is 6.24. The molecule has 0 saturated heterocycles. The van der Waals surface area contributed by atoms with Crippen LogP contribution in [0.1, 0.15) is 0 Å². The van der Waals surface area contributed by atoms with E-state index >= 15 is 0 Å². The molecule has 2 aromatic heterocycles. The molecule has 1 aliphatic heterocycles. The van der Waals surface area contributed by atoms with Gasteiger partial charge in [-0.1, -0.05) is 35.7 Å². The first-order valence-electron chi connectivity index (χ1n) is 10.4. The van der Waals surface area contributed by atoms with Gasteiger partial charge in [0.15, 0.2) is 0 Å². The largest absolute Gasteiger partial charge is 0.512 e. The van der Waals surface area contributed by atoms with Gasteiger partial charge in [-0.2, -0.15) is 12.7 Å². The molecule has 6 rings (SSSR count). The Morgan fingerprint density at radius 3 is 2.50 bits per heavy atom. The molecule has 0 fully saturated rings. The van der Waals surface area contributed by atoms with Crippen LogP contribution in [0.2, 0.25) is 0 Å². The Hall–Kier alpha value is -3.76. The van der Waals surface area contributed by atoms with Crippen molar-refractivity contribution in [2.24, 2.45) is 0 Å². The number of ether oxygens (including phenoxy) is 2. The standard InChI is InChI=1S/C27H18N3O3.Pt/c1-29-13-14-30(18-29)19-15-23-22-9-2-3-10-24(22)33-27(23)25(16-19)31-20-7-6-8-21(17-20)32-26-11-4-5-12-28-26;/h2-15,18H,1H3;/q-3;. The van der Waals surface area contributed by atoms with Crippen molar-refractivity contribution in [1.29, 1.82) is 0 Å². The molecule has 0 amide bonds. The molecule has 34 heavy (non-hydrogen) atoms. The minimum Gasteiger partial charge on any atom is -0.512 e. The summed E-state index contributed by atoms with van der Waals surface area (Å²) in [6.07, 6.45) is 5.62. The summed E-state index contributed by atoms with van der Waals surface area (Å²) in [4.78, 5) is 8.15. The minimum absolute atomic E-state index is 0. The fraction of sp³-hybridized carbons (Fsp3) is 0.0370. The summed E-state index contributed by atoms with van der Waals surface area (Å²) in [6, 6.07) is 27.4. The maximum Gasteiger partial charge on any atom is 0.216 e. The molecule has 1 aliphatic rings. The Morgan fingerprint density at radius 2 is 1.71 bits per heavy atom. The van der Waals surface area contributed by atoms with E-state index in [2.05, 4.69) is 23.2 Å². The average molecular weight is 628 g/mol. The summed E-state index contributed by atoms with van der Waals surface area (Å²) < 4.78 is 18.2. The maximum atomic E-state index is 6.24. The van der Waals surface area contributed by atoms with E-state index < -0.39 is 0 Å². The van der Waals surface area contributed by atoms with Gasteiger partial charge < -0.3 is 23.7 Å². The summed E-state index contributed by atoms with van der Waals surface area (Å²) in [5.74, 6) is 1.94. The van der Waals surface area contributed by atoms with Gasteiger partial charge in [-0.15, -0.1) is 30.0 Å². The van der Waals surface area contributed by atoms with Crippen LogP contribution in [0.25, 0.3) is 21.9 Å². The number of hydrogen-bond donors (Lipinski definition) is 0. The molecular weight excluding hydrogens is 609 g/mol. The third-order valence-corrected chi connectivity index (χ3v) is 5.22. The van der Waals surface area contributed by atoms with Crippen LogP contribution in [0.15, 0.2) is 89.7 Å². The molecule has 0 unspecified atom stereocenters. The van der Waals surface area contributed by atoms with Crippen LogP contribution in [-0.4, -0.2) is 16.9 Å². The summed E-state index contributed by atoms with van der Waals surface area (Å²) >= 11 is 0. The van der Waals surface area contributed by atoms with Gasteiger partial charge in [0, 0.05) is 50.2 Å². The zero-order valence-corrected chi connectivity index (χ0v) is 20.3. The number of nitrogens with zero attached hydrogens (tertiary/aromatic N) is 3. The molecule has 0 aliphatic carbocycles. The van der Waals surface area contributed by atoms with Crippen molar-refractivity contribution in [2.45, 2.75) is 0 Å². The van der Waals surface area contributed by atoms with Crippen LogP contribution in [-0.2, 0) is 21.1 Å². The van der Waals surface area contributed by atoms with E-state index in [0.29, 0.717) is 28.7 Å². The van der Waals surface area contributed by atoms with Crippen molar-refractivity contribution in [2.75, 3.05) is 11.9 Å². The predicted molar refractivity (Wildman–Crippen MR) is 126 cm³/mol. The van der Waals surface area contributed by atoms with E-state index in [1.165, 1.54) is 0 Å². The Labute approximate surface area is 211 Å². The van der Waals surface area contributed by atoms with Crippen LogP contribution in [0.5, 0.6) is 23.1 Å². The first kappa shape index (κ1) is 22.1. The third kappa shape index (κ3) is 4.25. The smallest absolute Gasteiger partial charge is 0.216 e. The molecule has 3 aromatic carbocycles. The minimum atomic E-state index is 0. The molecule has 3 heterocycles. The van der Waals surface area contributed by atoms with E-state index in [1.807, 2.05) is 84.4 Å². The van der Waals surface area contributed by atoms with E-state index in [0.717, 1.165) is 22.0 Å². The van der Waals surface area contributed by atoms with Gasteiger partial charge in [0.2, 0.25) is 5.88 Å². The van der Waals surface area contributed by atoms with Gasteiger partial charge in [0.05, 0.1) is 11.3 Å². The van der Waals surface area contributed by atoms with Crippen LogP contribution >= 0.6 is 0 Å². The molecular formula is C27H18N3O3Pt-3. The quantitative estimate of drug-likeness (QED) is 0.207. The normalized spacial score (nSPS) is 12.9. The average Bonchev–Trinajstić information content (AvgIpc) is 3.44. The molecule has 5 aromatic rings. The van der Waals surface area contributed by atoms with Crippen LogP contribution in [0.3, 0.4) is 0 Å². The first-order chi connectivity index (χ1) is 16.2. The molecule has 6 nitrogen and oxygen atoms in total. The van der Waals surface area contributed by atoms with Crippen LogP contribution < -0.4 is 14.4 Å². The number of anilines is 1. The monoisotopic (exact) mass is 627 g/mol. The van der Waals surface area contributed by atoms with Gasteiger partial charge in [-0.25, -0.2) is 4.98 Å². The topological polar surface area (TPSA) is 51.0 Å². The SMILES string of the molecule is CN1C=CN(c2[c-]c(Oc3[c-]c(Oc4ccccn4)ccc3)c3oc4ccccc4c3c2)[CH-]1.[Pt]. The van der Waals surface area contributed by atoms with Gasteiger partial charge in [-0.3, -0.25) is 0 Å². The molecule has 0 spiro atoms. The number of para-hydroxylation sites is 1. The number of rotatable bonds is 5. The summed E-state index contributed by atoms with van der Waals surface area (Å²) in [5.41, 5.74) is 2.25. The second kappa shape index (κ2) is 9.24. The molecule has 7 heteroatoms. The van der Waals surface area contributed by atoms with Crippen molar-refractivity contribution in [3.8, 4) is 23.1 Å². The van der Waals surface area contributed by atoms with Crippen molar-refractivity contribution in [3.63, 3.8) is 0 Å². The summed E-state index contributed by atoms with van der Waals surface area (Å²) in [5, 5.41) is 1.96. The molecule has 172 valence electrons. The van der Waals surface area contributed by atoms with Gasteiger partial charge in [-0.05, 0) is 31.6 Å². The summed E-state index contributed by atoms with van der Waals surface area (Å²) in [7, 11) is 1.97. The van der Waals surface area contributed by atoms with Gasteiger partial charge in [0.1, 0.15) is 5.58 Å². The van der Waals surface area contributed by atoms with Gasteiger partial charge in [0.25, 0.3) is 0 Å². The number of furan rings is 1. The number of benzene rings is 3. The fourth-order valence-corrected chi connectivity index (χ4v) is 3.70.